The maximum atomic E-state index is 12.9. The highest BCUT2D eigenvalue weighted by atomic mass is 32.2. The van der Waals surface area contributed by atoms with Crippen LogP contribution >= 0.6 is 11.3 Å². The molecule has 0 atom stereocenters. The quantitative estimate of drug-likeness (QED) is 0.737. The van der Waals surface area contributed by atoms with Crippen LogP contribution < -0.4 is 4.72 Å². The normalized spacial score (nSPS) is 11.8. The third kappa shape index (κ3) is 3.37. The highest BCUT2D eigenvalue weighted by Gasteiger charge is 2.25. The number of thiophene rings is 1. The number of rotatable bonds is 5. The van der Waals surface area contributed by atoms with E-state index < -0.39 is 10.0 Å². The molecule has 0 fully saturated rings. The van der Waals surface area contributed by atoms with E-state index in [0.29, 0.717) is 11.4 Å². The first kappa shape index (κ1) is 16.7. The summed E-state index contributed by atoms with van der Waals surface area (Å²) >= 11 is 1.47. The van der Waals surface area contributed by atoms with Crippen LogP contribution in [0.25, 0.3) is 10.6 Å². The molecule has 3 aromatic rings. The van der Waals surface area contributed by atoms with Crippen LogP contribution in [-0.2, 0) is 10.0 Å². The molecule has 0 saturated heterocycles. The first-order valence-electron chi connectivity index (χ1n) is 7.59. The maximum Gasteiger partial charge on any atom is 0.265 e. The standard InChI is InChI=1S/C17H19N3O2S2/c1-12(2)20-11-16(17(18-20)15-5-4-10-23-15)24(21,22)19-14-8-6-13(3)7-9-14/h4-12,19H,1-3H3. The Hall–Kier alpha value is -2.12. The van der Waals surface area contributed by atoms with E-state index in [4.69, 9.17) is 0 Å². The Labute approximate surface area is 146 Å². The Morgan fingerprint density at radius 3 is 2.46 bits per heavy atom. The minimum Gasteiger partial charge on any atom is -0.280 e. The molecule has 2 heterocycles. The van der Waals surface area contributed by atoms with Crippen molar-refractivity contribution in [2.24, 2.45) is 0 Å². The van der Waals surface area contributed by atoms with E-state index in [0.717, 1.165) is 10.4 Å². The van der Waals surface area contributed by atoms with Crippen molar-refractivity contribution in [3.8, 4) is 10.6 Å². The van der Waals surface area contributed by atoms with Gasteiger partial charge in [0.1, 0.15) is 10.6 Å². The van der Waals surface area contributed by atoms with Gasteiger partial charge >= 0.3 is 0 Å². The second-order valence-electron chi connectivity index (χ2n) is 5.86. The number of sulfonamides is 1. The Kier molecular flexibility index (Phi) is 4.47. The molecule has 0 spiro atoms. The summed E-state index contributed by atoms with van der Waals surface area (Å²) in [5.74, 6) is 0. The van der Waals surface area contributed by atoms with E-state index in [9.17, 15) is 8.42 Å². The number of benzene rings is 1. The number of aryl methyl sites for hydroxylation is 1. The van der Waals surface area contributed by atoms with E-state index in [2.05, 4.69) is 9.82 Å². The highest BCUT2D eigenvalue weighted by molar-refractivity contribution is 7.92. The fraction of sp³-hybridized carbons (Fsp3) is 0.235. The summed E-state index contributed by atoms with van der Waals surface area (Å²) in [4.78, 5) is 1.03. The fourth-order valence-electron chi connectivity index (χ4n) is 2.25. The average Bonchev–Trinajstić information content (AvgIpc) is 3.18. The van der Waals surface area contributed by atoms with Gasteiger partial charge in [0.25, 0.3) is 10.0 Å². The first-order chi connectivity index (χ1) is 11.4. The smallest absolute Gasteiger partial charge is 0.265 e. The van der Waals surface area contributed by atoms with Gasteiger partial charge in [-0.25, -0.2) is 8.42 Å². The van der Waals surface area contributed by atoms with Gasteiger partial charge in [-0.15, -0.1) is 11.3 Å². The fourth-order valence-corrected chi connectivity index (χ4v) is 4.25. The molecular formula is C17H19N3O2S2. The van der Waals surface area contributed by atoms with E-state index in [1.54, 1.807) is 23.0 Å². The summed E-state index contributed by atoms with van der Waals surface area (Å²) in [6, 6.07) is 11.1. The van der Waals surface area contributed by atoms with Gasteiger partial charge < -0.3 is 0 Å². The van der Waals surface area contributed by atoms with Crippen LogP contribution in [0.1, 0.15) is 25.5 Å². The molecule has 7 heteroatoms. The monoisotopic (exact) mass is 361 g/mol. The lowest BCUT2D eigenvalue weighted by molar-refractivity contribution is 0.532. The molecular weight excluding hydrogens is 342 g/mol. The lowest BCUT2D eigenvalue weighted by atomic mass is 10.2. The molecule has 126 valence electrons. The average molecular weight is 361 g/mol. The van der Waals surface area contributed by atoms with Gasteiger partial charge in [0, 0.05) is 17.9 Å². The predicted molar refractivity (Wildman–Crippen MR) is 97.9 cm³/mol. The Bertz CT molecular complexity index is 925. The van der Waals surface area contributed by atoms with Crippen LogP contribution in [0.3, 0.4) is 0 Å². The van der Waals surface area contributed by atoms with Gasteiger partial charge in [-0.3, -0.25) is 9.40 Å². The van der Waals surface area contributed by atoms with Gasteiger partial charge in [0.05, 0.1) is 4.88 Å². The van der Waals surface area contributed by atoms with Crippen LogP contribution in [0.5, 0.6) is 0 Å². The van der Waals surface area contributed by atoms with Gasteiger partial charge in [0.15, 0.2) is 0 Å². The Morgan fingerprint density at radius 2 is 1.88 bits per heavy atom. The highest BCUT2D eigenvalue weighted by Crippen LogP contribution is 2.31. The number of hydrogen-bond donors (Lipinski definition) is 1. The number of nitrogens with one attached hydrogen (secondary N) is 1. The molecule has 0 radical (unpaired) electrons. The van der Waals surface area contributed by atoms with E-state index in [-0.39, 0.29) is 10.9 Å². The molecule has 0 amide bonds. The number of aromatic nitrogens is 2. The van der Waals surface area contributed by atoms with Gasteiger partial charge in [0.2, 0.25) is 0 Å². The maximum absolute atomic E-state index is 12.9. The third-order valence-electron chi connectivity index (χ3n) is 3.58. The summed E-state index contributed by atoms with van der Waals surface area (Å²) in [7, 11) is -3.72. The molecule has 1 aromatic carbocycles. The lowest BCUT2D eigenvalue weighted by Crippen LogP contribution is -2.13. The van der Waals surface area contributed by atoms with Crippen LogP contribution in [0, 0.1) is 6.92 Å². The predicted octanol–water partition coefficient (Wildman–Crippen LogP) is 4.30. The second kappa shape index (κ2) is 6.41. The topological polar surface area (TPSA) is 64.0 Å². The van der Waals surface area contributed by atoms with Crippen LogP contribution in [-0.4, -0.2) is 18.2 Å². The van der Waals surface area contributed by atoms with Crippen molar-refractivity contribution >= 4 is 27.0 Å². The van der Waals surface area contributed by atoms with Crippen LogP contribution in [0.2, 0.25) is 0 Å². The molecule has 0 aliphatic carbocycles. The van der Waals surface area contributed by atoms with Crippen LogP contribution in [0.15, 0.2) is 52.9 Å². The summed E-state index contributed by atoms with van der Waals surface area (Å²) in [5.41, 5.74) is 2.10. The van der Waals surface area contributed by atoms with Crippen LogP contribution in [0.4, 0.5) is 5.69 Å². The van der Waals surface area contributed by atoms with E-state index >= 15 is 0 Å². The molecule has 0 aliphatic heterocycles. The van der Waals surface area contributed by atoms with Crippen molar-refractivity contribution in [2.45, 2.75) is 31.7 Å². The zero-order chi connectivity index (χ0) is 17.3. The number of hydrogen-bond acceptors (Lipinski definition) is 4. The molecule has 0 bridgehead atoms. The molecule has 5 nitrogen and oxygen atoms in total. The van der Waals surface area contributed by atoms with Crippen molar-refractivity contribution in [1.29, 1.82) is 0 Å². The molecule has 0 aliphatic rings. The van der Waals surface area contributed by atoms with Gasteiger partial charge in [-0.05, 0) is 44.4 Å². The van der Waals surface area contributed by atoms with Gasteiger partial charge in [-0.2, -0.15) is 5.10 Å². The largest absolute Gasteiger partial charge is 0.280 e. The SMILES string of the molecule is Cc1ccc(NS(=O)(=O)c2cn(C(C)C)nc2-c2cccs2)cc1. The van der Waals surface area contributed by atoms with Crippen molar-refractivity contribution < 1.29 is 8.42 Å². The molecule has 2 aromatic heterocycles. The molecule has 3 rings (SSSR count). The van der Waals surface area contributed by atoms with Gasteiger partial charge in [-0.1, -0.05) is 23.8 Å². The van der Waals surface area contributed by atoms with E-state index in [1.807, 2.05) is 50.4 Å². The molecule has 0 unspecified atom stereocenters. The minimum absolute atomic E-state index is 0.0760. The minimum atomic E-state index is -3.72. The third-order valence-corrected chi connectivity index (χ3v) is 5.83. The zero-order valence-electron chi connectivity index (χ0n) is 13.7. The Balaban J connectivity index is 2.04. The molecule has 0 saturated carbocycles. The molecule has 1 N–H and O–H groups in total. The lowest BCUT2D eigenvalue weighted by Gasteiger charge is -2.08. The Morgan fingerprint density at radius 1 is 1.17 bits per heavy atom. The molecule has 24 heavy (non-hydrogen) atoms. The van der Waals surface area contributed by atoms with E-state index in [1.165, 1.54) is 11.3 Å². The first-order valence-corrected chi connectivity index (χ1v) is 9.95. The summed E-state index contributed by atoms with van der Waals surface area (Å²) < 4.78 is 30.1. The summed E-state index contributed by atoms with van der Waals surface area (Å²) in [6.45, 7) is 5.89. The number of nitrogens with zero attached hydrogens (tertiary/aromatic N) is 2. The van der Waals surface area contributed by atoms with Crippen molar-refractivity contribution in [3.05, 3.63) is 53.5 Å². The zero-order valence-corrected chi connectivity index (χ0v) is 15.4. The summed E-state index contributed by atoms with van der Waals surface area (Å²) in [5, 5.41) is 6.39. The van der Waals surface area contributed by atoms with Crippen molar-refractivity contribution in [2.75, 3.05) is 4.72 Å². The van der Waals surface area contributed by atoms with Crippen molar-refractivity contribution in [1.82, 2.24) is 9.78 Å². The van der Waals surface area contributed by atoms with Crippen molar-refractivity contribution in [3.63, 3.8) is 0 Å². The number of anilines is 1. The second-order valence-corrected chi connectivity index (χ2v) is 8.46. The summed E-state index contributed by atoms with van der Waals surface area (Å²) in [6.07, 6.45) is 1.59.